The summed E-state index contributed by atoms with van der Waals surface area (Å²) in [6.45, 7) is 0.536. The molecule has 1 fully saturated rings. The molecule has 1 N–H and O–H groups in total. The van der Waals surface area contributed by atoms with Gasteiger partial charge < -0.3 is 10.2 Å². The summed E-state index contributed by atoms with van der Waals surface area (Å²) in [5.74, 6) is 0. The molecule has 4 rings (SSSR count). The molecule has 126 valence electrons. The van der Waals surface area contributed by atoms with Crippen molar-refractivity contribution in [3.63, 3.8) is 0 Å². The first-order valence-electron chi connectivity index (χ1n) is 8.27. The van der Waals surface area contributed by atoms with E-state index >= 15 is 0 Å². The number of hydrogen-bond acceptors (Lipinski definition) is 4. The van der Waals surface area contributed by atoms with Crippen molar-refractivity contribution in [3.8, 4) is 10.6 Å². The molecule has 1 saturated carbocycles. The van der Waals surface area contributed by atoms with Crippen LogP contribution in [0.1, 0.15) is 18.5 Å². The molecule has 2 heterocycles. The zero-order valence-corrected chi connectivity index (χ0v) is 14.4. The van der Waals surface area contributed by atoms with E-state index in [0.29, 0.717) is 12.6 Å². The van der Waals surface area contributed by atoms with Gasteiger partial charge in [-0.05, 0) is 49.2 Å². The van der Waals surface area contributed by atoms with Gasteiger partial charge >= 0.3 is 6.03 Å². The smallest absolute Gasteiger partial charge is 0.316 e. The number of nitrogens with one attached hydrogen (secondary N) is 1. The SMILES string of the molecule is O=C(Nc1ccc(-c2nccs2)cc1)N(Cc1ccccn1)C1CC1. The fraction of sp³-hybridized carbons (Fsp3) is 0.211. The van der Waals surface area contributed by atoms with Crippen LogP contribution in [0, 0.1) is 0 Å². The molecule has 2 aromatic heterocycles. The Kier molecular flexibility index (Phi) is 4.43. The lowest BCUT2D eigenvalue weighted by Crippen LogP contribution is -2.36. The van der Waals surface area contributed by atoms with Gasteiger partial charge in [-0.2, -0.15) is 0 Å². The van der Waals surface area contributed by atoms with E-state index in [9.17, 15) is 4.79 Å². The van der Waals surface area contributed by atoms with Crippen LogP contribution in [0.2, 0.25) is 0 Å². The van der Waals surface area contributed by atoms with Gasteiger partial charge in [-0.15, -0.1) is 11.3 Å². The third kappa shape index (κ3) is 3.85. The van der Waals surface area contributed by atoms with Crippen LogP contribution in [0.3, 0.4) is 0 Å². The number of benzene rings is 1. The first kappa shape index (κ1) is 15.8. The van der Waals surface area contributed by atoms with Crippen LogP contribution in [0.15, 0.2) is 60.2 Å². The molecule has 5 nitrogen and oxygen atoms in total. The fourth-order valence-electron chi connectivity index (χ4n) is 2.68. The van der Waals surface area contributed by atoms with Crippen LogP contribution in [0.4, 0.5) is 10.5 Å². The van der Waals surface area contributed by atoms with Crippen LogP contribution in [0.25, 0.3) is 10.6 Å². The molecular formula is C19H18N4OS. The van der Waals surface area contributed by atoms with E-state index in [1.165, 1.54) is 0 Å². The summed E-state index contributed by atoms with van der Waals surface area (Å²) in [5, 5.41) is 5.93. The van der Waals surface area contributed by atoms with Crippen LogP contribution >= 0.6 is 11.3 Å². The van der Waals surface area contributed by atoms with E-state index in [0.717, 1.165) is 34.8 Å². The Balaban J connectivity index is 1.44. The minimum atomic E-state index is -0.0739. The minimum Gasteiger partial charge on any atom is -0.316 e. The summed E-state index contributed by atoms with van der Waals surface area (Å²) in [7, 11) is 0. The van der Waals surface area contributed by atoms with E-state index in [4.69, 9.17) is 0 Å². The van der Waals surface area contributed by atoms with E-state index in [1.54, 1.807) is 23.7 Å². The summed E-state index contributed by atoms with van der Waals surface area (Å²) < 4.78 is 0. The van der Waals surface area contributed by atoms with E-state index in [2.05, 4.69) is 15.3 Å². The second kappa shape index (κ2) is 7.03. The summed E-state index contributed by atoms with van der Waals surface area (Å²) in [5.41, 5.74) is 2.75. The molecule has 2 amide bonds. The lowest BCUT2D eigenvalue weighted by atomic mass is 10.2. The standard InChI is InChI=1S/C19H18N4OS/c24-19(23(17-8-9-17)13-16-3-1-2-10-20-16)22-15-6-4-14(5-7-15)18-21-11-12-25-18/h1-7,10-12,17H,8-9,13H2,(H,22,24). The Labute approximate surface area is 150 Å². The Morgan fingerprint density at radius 1 is 1.12 bits per heavy atom. The molecule has 1 aromatic carbocycles. The van der Waals surface area contributed by atoms with Crippen LogP contribution in [0.5, 0.6) is 0 Å². The normalized spacial score (nSPS) is 13.4. The molecule has 0 saturated heterocycles. The fourth-order valence-corrected chi connectivity index (χ4v) is 3.32. The molecule has 0 atom stereocenters. The van der Waals surface area contributed by atoms with Gasteiger partial charge in [-0.3, -0.25) is 4.98 Å². The highest BCUT2D eigenvalue weighted by molar-refractivity contribution is 7.13. The number of pyridine rings is 1. The summed E-state index contributed by atoms with van der Waals surface area (Å²) in [6, 6.07) is 13.8. The highest BCUT2D eigenvalue weighted by atomic mass is 32.1. The molecule has 0 radical (unpaired) electrons. The lowest BCUT2D eigenvalue weighted by Gasteiger charge is -2.22. The largest absolute Gasteiger partial charge is 0.322 e. The van der Waals surface area contributed by atoms with Crippen molar-refractivity contribution in [1.82, 2.24) is 14.9 Å². The molecule has 1 aliphatic rings. The quantitative estimate of drug-likeness (QED) is 0.742. The summed E-state index contributed by atoms with van der Waals surface area (Å²) in [4.78, 5) is 23.2. The second-order valence-electron chi connectivity index (χ2n) is 6.02. The van der Waals surface area contributed by atoms with Crippen molar-refractivity contribution >= 4 is 23.1 Å². The summed E-state index contributed by atoms with van der Waals surface area (Å²) >= 11 is 1.60. The van der Waals surface area contributed by atoms with Gasteiger partial charge in [0.2, 0.25) is 0 Å². The van der Waals surface area contributed by atoms with Gasteiger partial charge in [-0.25, -0.2) is 9.78 Å². The number of carbonyl (C=O) groups is 1. The van der Waals surface area contributed by atoms with Crippen LogP contribution in [-0.4, -0.2) is 26.9 Å². The molecule has 6 heteroatoms. The average molecular weight is 350 g/mol. The van der Waals surface area contributed by atoms with Crippen molar-refractivity contribution in [2.24, 2.45) is 0 Å². The lowest BCUT2D eigenvalue weighted by molar-refractivity contribution is 0.205. The van der Waals surface area contributed by atoms with Gasteiger partial charge in [0.05, 0.1) is 12.2 Å². The molecular weight excluding hydrogens is 332 g/mol. The Morgan fingerprint density at radius 3 is 2.60 bits per heavy atom. The minimum absolute atomic E-state index is 0.0739. The third-order valence-electron chi connectivity index (χ3n) is 4.12. The number of hydrogen-bond donors (Lipinski definition) is 1. The number of carbonyl (C=O) groups excluding carboxylic acids is 1. The number of amides is 2. The monoisotopic (exact) mass is 350 g/mol. The van der Waals surface area contributed by atoms with Gasteiger partial charge in [0.25, 0.3) is 0 Å². The van der Waals surface area contributed by atoms with Crippen LogP contribution in [-0.2, 0) is 6.54 Å². The number of urea groups is 1. The third-order valence-corrected chi connectivity index (χ3v) is 4.94. The molecule has 0 unspecified atom stereocenters. The molecule has 25 heavy (non-hydrogen) atoms. The maximum absolute atomic E-state index is 12.7. The van der Waals surface area contributed by atoms with Gasteiger partial charge in [0.15, 0.2) is 0 Å². The average Bonchev–Trinajstić information content (AvgIpc) is 3.34. The second-order valence-corrected chi connectivity index (χ2v) is 6.92. The predicted octanol–water partition coefficient (Wildman–Crippen LogP) is 4.40. The van der Waals surface area contributed by atoms with E-state index < -0.39 is 0 Å². The zero-order chi connectivity index (χ0) is 17.1. The molecule has 1 aliphatic carbocycles. The number of aromatic nitrogens is 2. The number of thiazole rings is 1. The predicted molar refractivity (Wildman–Crippen MR) is 99.4 cm³/mol. The maximum atomic E-state index is 12.7. The van der Waals surface area contributed by atoms with Gasteiger partial charge in [-0.1, -0.05) is 6.07 Å². The molecule has 0 aliphatic heterocycles. The van der Waals surface area contributed by atoms with Crippen molar-refractivity contribution in [2.45, 2.75) is 25.4 Å². The topological polar surface area (TPSA) is 58.1 Å². The highest BCUT2D eigenvalue weighted by Crippen LogP contribution is 2.29. The highest BCUT2D eigenvalue weighted by Gasteiger charge is 2.32. The Morgan fingerprint density at radius 2 is 1.96 bits per heavy atom. The number of nitrogens with zero attached hydrogens (tertiary/aromatic N) is 3. The molecule has 0 bridgehead atoms. The van der Waals surface area contributed by atoms with Crippen molar-refractivity contribution in [1.29, 1.82) is 0 Å². The maximum Gasteiger partial charge on any atom is 0.322 e. The summed E-state index contributed by atoms with van der Waals surface area (Å²) in [6.07, 6.45) is 5.67. The molecule has 3 aromatic rings. The van der Waals surface area contributed by atoms with Gasteiger partial charge in [0.1, 0.15) is 5.01 Å². The van der Waals surface area contributed by atoms with Gasteiger partial charge in [0, 0.05) is 35.1 Å². The first-order chi connectivity index (χ1) is 12.3. The van der Waals surface area contributed by atoms with Crippen molar-refractivity contribution in [3.05, 3.63) is 65.9 Å². The van der Waals surface area contributed by atoms with Crippen molar-refractivity contribution in [2.75, 3.05) is 5.32 Å². The Hall–Kier alpha value is -2.73. The van der Waals surface area contributed by atoms with Crippen molar-refractivity contribution < 1.29 is 4.79 Å². The Bertz CT molecular complexity index is 830. The van der Waals surface area contributed by atoms with E-state index in [1.807, 2.05) is 52.7 Å². The number of anilines is 1. The zero-order valence-electron chi connectivity index (χ0n) is 13.6. The molecule has 0 spiro atoms. The van der Waals surface area contributed by atoms with Crippen LogP contribution < -0.4 is 5.32 Å². The first-order valence-corrected chi connectivity index (χ1v) is 9.15. The van der Waals surface area contributed by atoms with E-state index in [-0.39, 0.29) is 6.03 Å². The number of rotatable bonds is 5.